The summed E-state index contributed by atoms with van der Waals surface area (Å²) in [5.74, 6) is 0.212. The Labute approximate surface area is 192 Å². The molecule has 1 aliphatic carbocycles. The summed E-state index contributed by atoms with van der Waals surface area (Å²) in [5, 5.41) is 2.59. The van der Waals surface area contributed by atoms with Crippen LogP contribution in [0.25, 0.3) is 10.6 Å². The van der Waals surface area contributed by atoms with Crippen LogP contribution >= 0.6 is 11.3 Å². The number of halogens is 3. The summed E-state index contributed by atoms with van der Waals surface area (Å²) in [7, 11) is 0. The topological polar surface area (TPSA) is 68.2 Å². The van der Waals surface area contributed by atoms with E-state index in [2.05, 4.69) is 15.0 Å². The molecule has 3 aliphatic rings. The van der Waals surface area contributed by atoms with Gasteiger partial charge in [-0.15, -0.1) is 11.3 Å². The van der Waals surface area contributed by atoms with E-state index in [9.17, 15) is 18.0 Å². The molecule has 0 radical (unpaired) electrons. The summed E-state index contributed by atoms with van der Waals surface area (Å²) in [5.41, 5.74) is 0.979. The lowest BCUT2D eigenvalue weighted by atomic mass is 9.77. The van der Waals surface area contributed by atoms with Crippen molar-refractivity contribution in [2.24, 2.45) is 5.92 Å². The lowest BCUT2D eigenvalue weighted by molar-refractivity contribution is -0.137. The first-order valence-corrected chi connectivity index (χ1v) is 11.6. The van der Waals surface area contributed by atoms with Crippen LogP contribution in [-0.2, 0) is 6.18 Å². The molecule has 3 fully saturated rings. The second-order valence-corrected chi connectivity index (χ2v) is 9.32. The molecule has 0 unspecified atom stereocenters. The molecule has 2 saturated heterocycles. The maximum atomic E-state index is 13.7. The van der Waals surface area contributed by atoms with E-state index < -0.39 is 11.7 Å². The highest BCUT2D eigenvalue weighted by atomic mass is 32.1. The summed E-state index contributed by atoms with van der Waals surface area (Å²) in [4.78, 5) is 28.2. The Morgan fingerprint density at radius 2 is 2.03 bits per heavy atom. The molecule has 1 saturated carbocycles. The van der Waals surface area contributed by atoms with E-state index >= 15 is 0 Å². The van der Waals surface area contributed by atoms with E-state index in [-0.39, 0.29) is 29.9 Å². The minimum Gasteiger partial charge on any atom is -0.472 e. The predicted molar refractivity (Wildman–Crippen MR) is 116 cm³/mol. The van der Waals surface area contributed by atoms with Gasteiger partial charge < -0.3 is 9.64 Å². The Kier molecular flexibility index (Phi) is 5.55. The predicted octanol–water partition coefficient (Wildman–Crippen LogP) is 5.00. The average molecular weight is 475 g/mol. The van der Waals surface area contributed by atoms with Gasteiger partial charge in [0.2, 0.25) is 5.88 Å². The van der Waals surface area contributed by atoms with Crippen molar-refractivity contribution in [3.8, 4) is 16.5 Å². The number of nitrogens with zero attached hydrogens (tertiary/aromatic N) is 4. The zero-order valence-electron chi connectivity index (χ0n) is 17.7. The van der Waals surface area contributed by atoms with E-state index in [0.717, 1.165) is 42.2 Å². The molecule has 172 valence electrons. The molecule has 0 spiro atoms. The SMILES string of the molecule is Cc1ccc(-c2nccs2)c(C(=O)N2C[C@H]3CC[C@H]2[C@H](Oc2ccc(C(F)(F)F)cn2)C3)n1. The minimum atomic E-state index is -4.45. The highest BCUT2D eigenvalue weighted by Crippen LogP contribution is 2.39. The molecule has 0 N–H and O–H groups in total. The first kappa shape index (κ1) is 21.8. The number of rotatable bonds is 4. The molecule has 10 heteroatoms. The summed E-state index contributed by atoms with van der Waals surface area (Å²) >= 11 is 1.45. The third-order valence-electron chi connectivity index (χ3n) is 6.22. The highest BCUT2D eigenvalue weighted by molar-refractivity contribution is 7.13. The van der Waals surface area contributed by atoms with Crippen molar-refractivity contribution >= 4 is 17.2 Å². The maximum Gasteiger partial charge on any atom is 0.417 e. The lowest BCUT2D eigenvalue weighted by Gasteiger charge is -2.49. The summed E-state index contributed by atoms with van der Waals surface area (Å²) in [6.45, 7) is 2.45. The Balaban J connectivity index is 1.39. The van der Waals surface area contributed by atoms with Gasteiger partial charge in [-0.25, -0.2) is 15.0 Å². The monoisotopic (exact) mass is 474 g/mol. The largest absolute Gasteiger partial charge is 0.472 e. The maximum absolute atomic E-state index is 13.7. The number of amides is 1. The fraction of sp³-hybridized carbons (Fsp3) is 0.391. The number of thiazole rings is 1. The van der Waals surface area contributed by atoms with E-state index in [0.29, 0.717) is 17.8 Å². The molecular weight excluding hydrogens is 453 g/mol. The number of hydrogen-bond acceptors (Lipinski definition) is 6. The summed E-state index contributed by atoms with van der Waals surface area (Å²) in [6, 6.07) is 5.73. The van der Waals surface area contributed by atoms with Crippen LogP contribution in [0.15, 0.2) is 42.0 Å². The van der Waals surface area contributed by atoms with Gasteiger partial charge >= 0.3 is 6.18 Å². The van der Waals surface area contributed by atoms with Crippen molar-refractivity contribution in [1.29, 1.82) is 0 Å². The van der Waals surface area contributed by atoms with Crippen molar-refractivity contribution in [1.82, 2.24) is 19.9 Å². The van der Waals surface area contributed by atoms with Gasteiger partial charge in [-0.2, -0.15) is 13.2 Å². The van der Waals surface area contributed by atoms with E-state index in [1.807, 2.05) is 29.3 Å². The normalized spacial score (nSPS) is 22.4. The number of carbonyl (C=O) groups is 1. The van der Waals surface area contributed by atoms with Crippen LogP contribution < -0.4 is 4.74 Å². The number of pyridine rings is 2. The molecule has 3 aromatic rings. The first-order chi connectivity index (χ1) is 15.8. The van der Waals surface area contributed by atoms with Crippen LogP contribution in [0.1, 0.15) is 41.0 Å². The number of piperidine rings is 2. The van der Waals surface area contributed by atoms with Gasteiger partial charge in [-0.1, -0.05) is 0 Å². The van der Waals surface area contributed by atoms with E-state index in [4.69, 9.17) is 4.74 Å². The average Bonchev–Trinajstić information content (AvgIpc) is 3.33. The fourth-order valence-corrected chi connectivity index (χ4v) is 5.31. The van der Waals surface area contributed by atoms with Gasteiger partial charge in [0.05, 0.1) is 11.6 Å². The second-order valence-electron chi connectivity index (χ2n) is 8.43. The molecule has 3 atom stereocenters. The lowest BCUT2D eigenvalue weighted by Crippen LogP contribution is -2.59. The van der Waals surface area contributed by atoms with Crippen molar-refractivity contribution in [2.75, 3.05) is 6.54 Å². The number of alkyl halides is 3. The number of fused-ring (bicyclic) bond motifs is 3. The van der Waals surface area contributed by atoms with Gasteiger partial charge in [0, 0.05) is 41.6 Å². The Bertz CT molecular complexity index is 1150. The summed E-state index contributed by atoms with van der Waals surface area (Å²) < 4.78 is 44.5. The molecule has 0 aromatic carbocycles. The molecule has 1 amide bonds. The van der Waals surface area contributed by atoms with Crippen molar-refractivity contribution in [2.45, 2.75) is 44.5 Å². The summed E-state index contributed by atoms with van der Waals surface area (Å²) in [6.07, 6.45) is 0.162. The third kappa shape index (κ3) is 4.31. The van der Waals surface area contributed by atoms with Gasteiger partial charge in [0.15, 0.2) is 0 Å². The quantitative estimate of drug-likeness (QED) is 0.532. The molecule has 33 heavy (non-hydrogen) atoms. The molecule has 2 aliphatic heterocycles. The van der Waals surface area contributed by atoms with Gasteiger partial charge in [0.25, 0.3) is 5.91 Å². The van der Waals surface area contributed by atoms with Crippen LogP contribution in [-0.4, -0.2) is 44.4 Å². The molecular formula is C23H21F3N4O2S. The molecule has 2 bridgehead atoms. The second kappa shape index (κ2) is 8.40. The van der Waals surface area contributed by atoms with E-state index in [1.165, 1.54) is 17.4 Å². The number of aromatic nitrogens is 3. The zero-order chi connectivity index (χ0) is 23.2. The molecule has 6 rings (SSSR count). The number of ether oxygens (including phenoxy) is 1. The van der Waals surface area contributed by atoms with Crippen molar-refractivity contribution < 1.29 is 22.7 Å². The first-order valence-electron chi connectivity index (χ1n) is 10.7. The zero-order valence-corrected chi connectivity index (χ0v) is 18.6. The van der Waals surface area contributed by atoms with Gasteiger partial charge in [-0.05, 0) is 50.3 Å². The third-order valence-corrected chi connectivity index (χ3v) is 7.02. The highest BCUT2D eigenvalue weighted by Gasteiger charge is 2.45. The standard InChI is InChI=1S/C23H21F3N4O2S/c1-13-2-5-16(21-27-8-9-33-21)20(29-13)22(31)30-12-14-3-6-17(30)18(10-14)32-19-7-4-15(11-28-19)23(24,25)26/h2,4-5,7-9,11,14,17-18H,3,6,10,12H2,1H3/t14-,17-,18+/m0/s1. The molecule has 3 aromatic heterocycles. The minimum absolute atomic E-state index is 0.130. The smallest absolute Gasteiger partial charge is 0.417 e. The van der Waals surface area contributed by atoms with Crippen molar-refractivity contribution in [3.63, 3.8) is 0 Å². The van der Waals surface area contributed by atoms with Crippen LogP contribution in [0.5, 0.6) is 5.88 Å². The van der Waals surface area contributed by atoms with Crippen LogP contribution in [0.2, 0.25) is 0 Å². The van der Waals surface area contributed by atoms with Gasteiger partial charge in [-0.3, -0.25) is 4.79 Å². The Morgan fingerprint density at radius 1 is 1.18 bits per heavy atom. The number of aryl methyl sites for hydroxylation is 1. The fourth-order valence-electron chi connectivity index (χ4n) is 4.65. The van der Waals surface area contributed by atoms with Crippen LogP contribution in [0.4, 0.5) is 13.2 Å². The Morgan fingerprint density at radius 3 is 2.70 bits per heavy atom. The molecule has 5 heterocycles. The Hall–Kier alpha value is -3.01. The number of carbonyl (C=O) groups excluding carboxylic acids is 1. The number of hydrogen-bond donors (Lipinski definition) is 0. The van der Waals surface area contributed by atoms with Gasteiger partial charge in [0.1, 0.15) is 16.8 Å². The van der Waals surface area contributed by atoms with E-state index in [1.54, 1.807) is 6.20 Å². The van der Waals surface area contributed by atoms with Crippen LogP contribution in [0.3, 0.4) is 0 Å². The molecule has 6 nitrogen and oxygen atoms in total. The van der Waals surface area contributed by atoms with Crippen LogP contribution in [0, 0.1) is 12.8 Å². The van der Waals surface area contributed by atoms with Crippen molar-refractivity contribution in [3.05, 3.63) is 59.0 Å².